The fraction of sp³-hybridized carbons (Fsp3) is 0.789. The summed E-state index contributed by atoms with van der Waals surface area (Å²) in [4.78, 5) is 0. The van der Waals surface area contributed by atoms with E-state index in [-0.39, 0.29) is 0 Å². The highest BCUT2D eigenvalue weighted by Crippen LogP contribution is 2.52. The molecule has 0 aliphatic heterocycles. The van der Waals surface area contributed by atoms with Crippen molar-refractivity contribution in [3.63, 3.8) is 0 Å². The minimum atomic E-state index is 0.618. The molecule has 1 fully saturated rings. The van der Waals surface area contributed by atoms with Crippen LogP contribution in [0.1, 0.15) is 54.9 Å². The molecule has 0 aromatic carbocycles. The molecule has 0 aromatic rings. The first-order chi connectivity index (χ1) is 8.68. The lowest BCUT2D eigenvalue weighted by Crippen LogP contribution is -2.44. The average molecular weight is 262 g/mol. The van der Waals surface area contributed by atoms with Gasteiger partial charge < -0.3 is 0 Å². The SMILES string of the molecule is C=C(C)C1C(C)C(C)C(C)C(CC(C)C)C1C(=C)C. The molecule has 0 heterocycles. The van der Waals surface area contributed by atoms with Gasteiger partial charge in [0.05, 0.1) is 0 Å². The van der Waals surface area contributed by atoms with Gasteiger partial charge in [0.25, 0.3) is 0 Å². The van der Waals surface area contributed by atoms with E-state index in [1.165, 1.54) is 17.6 Å². The van der Waals surface area contributed by atoms with Gasteiger partial charge in [0, 0.05) is 0 Å². The van der Waals surface area contributed by atoms with E-state index >= 15 is 0 Å². The van der Waals surface area contributed by atoms with Crippen molar-refractivity contribution in [3.05, 3.63) is 24.3 Å². The third kappa shape index (κ3) is 3.33. The molecule has 1 aliphatic rings. The lowest BCUT2D eigenvalue weighted by atomic mass is 9.54. The molecule has 1 rings (SSSR count). The van der Waals surface area contributed by atoms with Gasteiger partial charge in [0.1, 0.15) is 0 Å². The highest BCUT2D eigenvalue weighted by Gasteiger charge is 2.45. The quantitative estimate of drug-likeness (QED) is 0.549. The van der Waals surface area contributed by atoms with Crippen molar-refractivity contribution >= 4 is 0 Å². The smallest absolute Gasteiger partial charge is 0.0109 e. The number of allylic oxidation sites excluding steroid dienone is 2. The summed E-state index contributed by atoms with van der Waals surface area (Å²) in [6, 6.07) is 0. The fourth-order valence-corrected chi connectivity index (χ4v) is 4.45. The minimum Gasteiger partial charge on any atom is -0.0998 e. The van der Waals surface area contributed by atoms with E-state index in [1.54, 1.807) is 0 Å². The van der Waals surface area contributed by atoms with Crippen molar-refractivity contribution in [1.29, 1.82) is 0 Å². The molecule has 19 heavy (non-hydrogen) atoms. The van der Waals surface area contributed by atoms with Crippen LogP contribution in [0.15, 0.2) is 24.3 Å². The van der Waals surface area contributed by atoms with E-state index in [4.69, 9.17) is 0 Å². The number of hydrogen-bond donors (Lipinski definition) is 0. The van der Waals surface area contributed by atoms with Crippen LogP contribution in [0.2, 0.25) is 0 Å². The molecule has 0 bridgehead atoms. The van der Waals surface area contributed by atoms with Gasteiger partial charge in [0.2, 0.25) is 0 Å². The molecule has 1 aliphatic carbocycles. The summed E-state index contributed by atoms with van der Waals surface area (Å²) < 4.78 is 0. The molecule has 6 unspecified atom stereocenters. The van der Waals surface area contributed by atoms with Crippen molar-refractivity contribution in [3.8, 4) is 0 Å². The zero-order valence-corrected chi connectivity index (χ0v) is 14.2. The highest BCUT2D eigenvalue weighted by atomic mass is 14.5. The molecule has 1 saturated carbocycles. The van der Waals surface area contributed by atoms with Crippen molar-refractivity contribution in [1.82, 2.24) is 0 Å². The predicted octanol–water partition coefficient (Wildman–Crippen LogP) is 5.96. The molecule has 110 valence electrons. The molecule has 6 atom stereocenters. The first-order valence-corrected chi connectivity index (χ1v) is 7.99. The van der Waals surface area contributed by atoms with Crippen LogP contribution in [0.3, 0.4) is 0 Å². The Hall–Kier alpha value is -0.520. The van der Waals surface area contributed by atoms with Gasteiger partial charge in [0.15, 0.2) is 0 Å². The third-order valence-corrected chi connectivity index (χ3v) is 5.63. The monoisotopic (exact) mass is 262 g/mol. The first kappa shape index (κ1) is 16.5. The Labute approximate surface area is 121 Å². The van der Waals surface area contributed by atoms with E-state index in [9.17, 15) is 0 Å². The lowest BCUT2D eigenvalue weighted by Gasteiger charge is -2.51. The summed E-state index contributed by atoms with van der Waals surface area (Å²) in [5, 5.41) is 0. The van der Waals surface area contributed by atoms with Gasteiger partial charge in [-0.15, -0.1) is 0 Å². The van der Waals surface area contributed by atoms with Gasteiger partial charge in [-0.2, -0.15) is 0 Å². The Kier molecular flexibility index (Phi) is 5.47. The van der Waals surface area contributed by atoms with Crippen LogP contribution in [0.4, 0.5) is 0 Å². The molecular weight excluding hydrogens is 228 g/mol. The summed E-state index contributed by atoms with van der Waals surface area (Å²) in [5.41, 5.74) is 2.72. The van der Waals surface area contributed by atoms with Crippen LogP contribution in [-0.2, 0) is 0 Å². The Morgan fingerprint density at radius 3 is 1.68 bits per heavy atom. The van der Waals surface area contributed by atoms with Gasteiger partial charge in [-0.25, -0.2) is 0 Å². The predicted molar refractivity (Wildman–Crippen MR) is 87.0 cm³/mol. The maximum Gasteiger partial charge on any atom is -0.0109 e. The van der Waals surface area contributed by atoms with Gasteiger partial charge in [-0.1, -0.05) is 58.9 Å². The van der Waals surface area contributed by atoms with Crippen LogP contribution in [0.5, 0.6) is 0 Å². The fourth-order valence-electron chi connectivity index (χ4n) is 4.45. The Morgan fingerprint density at radius 1 is 0.842 bits per heavy atom. The van der Waals surface area contributed by atoms with E-state index in [2.05, 4.69) is 61.6 Å². The second-order valence-corrected chi connectivity index (χ2v) is 7.62. The molecule has 0 radical (unpaired) electrons. The molecule has 0 amide bonds. The van der Waals surface area contributed by atoms with Crippen molar-refractivity contribution < 1.29 is 0 Å². The maximum absolute atomic E-state index is 4.32. The van der Waals surface area contributed by atoms with E-state index in [1.807, 2.05) is 0 Å². The topological polar surface area (TPSA) is 0 Å². The Morgan fingerprint density at radius 2 is 1.32 bits per heavy atom. The van der Waals surface area contributed by atoms with Crippen molar-refractivity contribution in [2.24, 2.45) is 41.4 Å². The molecule has 0 N–H and O–H groups in total. The summed E-state index contributed by atoms with van der Waals surface area (Å²) >= 11 is 0. The highest BCUT2D eigenvalue weighted by molar-refractivity contribution is 5.15. The van der Waals surface area contributed by atoms with Gasteiger partial charge in [-0.3, -0.25) is 0 Å². The zero-order valence-electron chi connectivity index (χ0n) is 14.2. The van der Waals surface area contributed by atoms with Crippen LogP contribution >= 0.6 is 0 Å². The Bertz CT molecular complexity index is 336. The first-order valence-electron chi connectivity index (χ1n) is 7.99. The average Bonchev–Trinajstić information content (AvgIpc) is 2.28. The maximum atomic E-state index is 4.32. The van der Waals surface area contributed by atoms with E-state index in [0.29, 0.717) is 11.8 Å². The number of hydrogen-bond acceptors (Lipinski definition) is 0. The molecule has 0 nitrogen and oxygen atoms in total. The number of rotatable bonds is 4. The van der Waals surface area contributed by atoms with Gasteiger partial charge >= 0.3 is 0 Å². The second kappa shape index (κ2) is 6.29. The zero-order chi connectivity index (χ0) is 14.9. The van der Waals surface area contributed by atoms with Crippen molar-refractivity contribution in [2.45, 2.75) is 54.9 Å². The molecular formula is C19H34. The lowest BCUT2D eigenvalue weighted by molar-refractivity contribution is 0.0267. The summed E-state index contributed by atoms with van der Waals surface area (Å²) in [6.45, 7) is 25.1. The molecule has 0 saturated heterocycles. The summed E-state index contributed by atoms with van der Waals surface area (Å²) in [6.07, 6.45) is 1.32. The molecule has 0 aromatic heterocycles. The molecule has 0 spiro atoms. The summed E-state index contributed by atoms with van der Waals surface area (Å²) in [7, 11) is 0. The van der Waals surface area contributed by atoms with Gasteiger partial charge in [-0.05, 0) is 61.7 Å². The van der Waals surface area contributed by atoms with Crippen LogP contribution < -0.4 is 0 Å². The van der Waals surface area contributed by atoms with Crippen molar-refractivity contribution in [2.75, 3.05) is 0 Å². The molecule has 0 heteroatoms. The van der Waals surface area contributed by atoms with Crippen LogP contribution in [0, 0.1) is 41.4 Å². The van der Waals surface area contributed by atoms with Crippen LogP contribution in [0.25, 0.3) is 0 Å². The largest absolute Gasteiger partial charge is 0.0998 e. The Balaban J connectivity index is 3.17. The van der Waals surface area contributed by atoms with E-state index in [0.717, 1.165) is 29.6 Å². The standard InChI is InChI=1S/C19H34/c1-11(2)10-17-15(8)14(7)16(9)18(12(3)4)19(17)13(5)6/h11,14-19H,3,5,10H2,1-2,4,6-9H3. The minimum absolute atomic E-state index is 0.618. The second-order valence-electron chi connectivity index (χ2n) is 7.62. The summed E-state index contributed by atoms with van der Waals surface area (Å²) in [5.74, 6) is 5.06. The van der Waals surface area contributed by atoms with E-state index < -0.39 is 0 Å². The normalized spacial score (nSPS) is 39.4. The third-order valence-electron chi connectivity index (χ3n) is 5.63. The van der Waals surface area contributed by atoms with Crippen LogP contribution in [-0.4, -0.2) is 0 Å².